The number of para-hydroxylation sites is 1. The van der Waals surface area contributed by atoms with Crippen molar-refractivity contribution in [3.63, 3.8) is 0 Å². The van der Waals surface area contributed by atoms with E-state index in [9.17, 15) is 14.4 Å². The van der Waals surface area contributed by atoms with Crippen LogP contribution in [0.2, 0.25) is 10.0 Å². The Morgan fingerprint density at radius 2 is 1.65 bits per heavy atom. The van der Waals surface area contributed by atoms with Crippen LogP contribution in [0.4, 0.5) is 5.69 Å². The van der Waals surface area contributed by atoms with Crippen LogP contribution in [0.3, 0.4) is 0 Å². The van der Waals surface area contributed by atoms with Crippen molar-refractivity contribution in [1.29, 1.82) is 0 Å². The van der Waals surface area contributed by atoms with E-state index in [1.165, 1.54) is 12.1 Å². The van der Waals surface area contributed by atoms with E-state index in [4.69, 9.17) is 23.2 Å². The summed E-state index contributed by atoms with van der Waals surface area (Å²) in [5.41, 5.74) is 1.15. The molecule has 0 aliphatic carbocycles. The van der Waals surface area contributed by atoms with Gasteiger partial charge in [0.05, 0.1) is 26.9 Å². The van der Waals surface area contributed by atoms with E-state index in [0.717, 1.165) is 21.2 Å². The molecule has 5 nitrogen and oxygen atoms in total. The zero-order chi connectivity index (χ0) is 18.4. The summed E-state index contributed by atoms with van der Waals surface area (Å²) >= 11 is 13.6. The molecule has 0 N–H and O–H groups in total. The summed E-state index contributed by atoms with van der Waals surface area (Å²) in [6.45, 7) is 0.210. The Morgan fingerprint density at radius 3 is 2.31 bits per heavy atom. The largest absolute Gasteiger partial charge is 0.309 e. The lowest BCUT2D eigenvalue weighted by Crippen LogP contribution is -2.44. The van der Waals surface area contributed by atoms with E-state index in [-0.39, 0.29) is 33.6 Å². The highest BCUT2D eigenvalue weighted by molar-refractivity contribution is 7.99. The molecule has 26 heavy (non-hydrogen) atoms. The van der Waals surface area contributed by atoms with Crippen LogP contribution in [0.1, 0.15) is 20.7 Å². The van der Waals surface area contributed by atoms with Crippen LogP contribution < -0.4 is 4.90 Å². The Morgan fingerprint density at radius 1 is 1.04 bits per heavy atom. The number of carbonyl (C=O) groups excluding carboxylic acids is 3. The van der Waals surface area contributed by atoms with E-state index in [0.29, 0.717) is 6.54 Å². The van der Waals surface area contributed by atoms with Gasteiger partial charge in [0.15, 0.2) is 0 Å². The number of carbonyl (C=O) groups is 3. The lowest BCUT2D eigenvalue weighted by atomic mass is 10.1. The van der Waals surface area contributed by atoms with Gasteiger partial charge >= 0.3 is 0 Å². The highest BCUT2D eigenvalue weighted by atomic mass is 35.5. The fourth-order valence-electron chi connectivity index (χ4n) is 3.08. The average Bonchev–Trinajstić information content (AvgIpc) is 2.86. The molecular formula is C18H12Cl2N2O3S. The molecule has 2 aliphatic heterocycles. The minimum atomic E-state index is -0.531. The third-order valence-corrected chi connectivity index (χ3v) is 6.10. The van der Waals surface area contributed by atoms with Crippen LogP contribution in [0.15, 0.2) is 41.3 Å². The topological polar surface area (TPSA) is 57.7 Å². The Kier molecular flexibility index (Phi) is 4.42. The van der Waals surface area contributed by atoms with Gasteiger partial charge in [-0.25, -0.2) is 0 Å². The molecule has 0 spiro atoms. The SMILES string of the molecule is O=C1c2cc(Cl)c(Cl)cc2C(=O)N1CC(=O)N1CCSc2ccccc21. The molecule has 0 unspecified atom stereocenters. The van der Waals surface area contributed by atoms with Gasteiger partial charge in [-0.15, -0.1) is 11.8 Å². The van der Waals surface area contributed by atoms with Gasteiger partial charge < -0.3 is 4.90 Å². The first-order valence-corrected chi connectivity index (χ1v) is 9.59. The van der Waals surface area contributed by atoms with Crippen LogP contribution in [0, 0.1) is 0 Å². The molecule has 0 saturated carbocycles. The highest BCUT2D eigenvalue weighted by Gasteiger charge is 2.38. The maximum absolute atomic E-state index is 12.8. The minimum Gasteiger partial charge on any atom is -0.309 e. The van der Waals surface area contributed by atoms with Crippen LogP contribution in [-0.4, -0.2) is 41.5 Å². The van der Waals surface area contributed by atoms with Crippen molar-refractivity contribution >= 4 is 58.4 Å². The van der Waals surface area contributed by atoms with E-state index in [1.807, 2.05) is 24.3 Å². The predicted molar refractivity (Wildman–Crippen MR) is 101 cm³/mol. The number of amides is 3. The maximum Gasteiger partial charge on any atom is 0.262 e. The first kappa shape index (κ1) is 17.4. The van der Waals surface area contributed by atoms with Crippen LogP contribution in [-0.2, 0) is 4.79 Å². The first-order chi connectivity index (χ1) is 12.5. The molecule has 3 amide bonds. The molecule has 2 aromatic rings. The molecule has 2 aromatic carbocycles. The second-order valence-corrected chi connectivity index (χ2v) is 7.82. The number of thioether (sulfide) groups is 1. The third-order valence-electron chi connectivity index (χ3n) is 4.33. The van der Waals surface area contributed by atoms with Crippen molar-refractivity contribution in [3.8, 4) is 0 Å². The van der Waals surface area contributed by atoms with Crippen LogP contribution in [0.25, 0.3) is 0 Å². The molecule has 0 aromatic heterocycles. The minimum absolute atomic E-state index is 0.173. The molecule has 0 radical (unpaired) electrons. The normalized spacial score (nSPS) is 15.9. The van der Waals surface area contributed by atoms with Gasteiger partial charge in [-0.1, -0.05) is 35.3 Å². The quantitative estimate of drug-likeness (QED) is 0.712. The third kappa shape index (κ3) is 2.78. The number of fused-ring (bicyclic) bond motifs is 2. The molecule has 0 bridgehead atoms. The van der Waals surface area contributed by atoms with E-state index in [2.05, 4.69) is 0 Å². The number of anilines is 1. The Labute approximate surface area is 163 Å². The second-order valence-electron chi connectivity index (χ2n) is 5.87. The smallest absolute Gasteiger partial charge is 0.262 e. The second kappa shape index (κ2) is 6.61. The number of hydrogen-bond donors (Lipinski definition) is 0. The molecule has 4 rings (SSSR count). The molecule has 132 valence electrons. The Hall–Kier alpha value is -2.02. The Balaban J connectivity index is 1.60. The van der Waals surface area contributed by atoms with Crippen molar-refractivity contribution in [2.24, 2.45) is 0 Å². The lowest BCUT2D eigenvalue weighted by Gasteiger charge is -2.30. The summed E-state index contributed by atoms with van der Waals surface area (Å²) in [6, 6.07) is 10.3. The molecule has 2 heterocycles. The number of rotatable bonds is 2. The zero-order valence-corrected chi connectivity index (χ0v) is 15.7. The van der Waals surface area contributed by atoms with Crippen molar-refractivity contribution < 1.29 is 14.4 Å². The number of hydrogen-bond acceptors (Lipinski definition) is 4. The van der Waals surface area contributed by atoms with Gasteiger partial charge in [-0.3, -0.25) is 19.3 Å². The van der Waals surface area contributed by atoms with Crippen molar-refractivity contribution in [2.45, 2.75) is 4.90 Å². The summed E-state index contributed by atoms with van der Waals surface area (Å²) < 4.78 is 0. The molecule has 2 aliphatic rings. The average molecular weight is 407 g/mol. The maximum atomic E-state index is 12.8. The summed E-state index contributed by atoms with van der Waals surface area (Å²) in [5.74, 6) is -0.603. The Bertz CT molecular complexity index is 922. The summed E-state index contributed by atoms with van der Waals surface area (Å²) in [6.07, 6.45) is 0. The van der Waals surface area contributed by atoms with E-state index >= 15 is 0 Å². The highest BCUT2D eigenvalue weighted by Crippen LogP contribution is 2.35. The lowest BCUT2D eigenvalue weighted by molar-refractivity contribution is -0.118. The van der Waals surface area contributed by atoms with Crippen molar-refractivity contribution in [2.75, 3.05) is 23.7 Å². The predicted octanol–water partition coefficient (Wildman–Crippen LogP) is 3.73. The van der Waals surface area contributed by atoms with Gasteiger partial charge in [0.1, 0.15) is 6.54 Å². The molecule has 0 fully saturated rings. The zero-order valence-electron chi connectivity index (χ0n) is 13.4. The van der Waals surface area contributed by atoms with Crippen LogP contribution >= 0.6 is 35.0 Å². The molecular weight excluding hydrogens is 395 g/mol. The molecule has 0 saturated heterocycles. The molecule has 0 atom stereocenters. The summed E-state index contributed by atoms with van der Waals surface area (Å²) in [7, 11) is 0. The van der Waals surface area contributed by atoms with Gasteiger partial charge in [0.25, 0.3) is 11.8 Å². The van der Waals surface area contributed by atoms with E-state index in [1.54, 1.807) is 16.7 Å². The molecule has 8 heteroatoms. The van der Waals surface area contributed by atoms with Crippen molar-refractivity contribution in [3.05, 3.63) is 57.6 Å². The number of benzene rings is 2. The van der Waals surface area contributed by atoms with E-state index < -0.39 is 11.8 Å². The monoisotopic (exact) mass is 406 g/mol. The van der Waals surface area contributed by atoms with Gasteiger partial charge in [0.2, 0.25) is 5.91 Å². The number of imide groups is 1. The van der Waals surface area contributed by atoms with Gasteiger partial charge in [0, 0.05) is 17.2 Å². The summed E-state index contributed by atoms with van der Waals surface area (Å²) in [5, 5.41) is 0.392. The fourth-order valence-corrected chi connectivity index (χ4v) is 4.40. The van der Waals surface area contributed by atoms with Crippen molar-refractivity contribution in [1.82, 2.24) is 4.90 Å². The van der Waals surface area contributed by atoms with Gasteiger partial charge in [-0.2, -0.15) is 0 Å². The number of halogens is 2. The number of nitrogens with zero attached hydrogens (tertiary/aromatic N) is 2. The van der Waals surface area contributed by atoms with Crippen LogP contribution in [0.5, 0.6) is 0 Å². The van der Waals surface area contributed by atoms with Gasteiger partial charge in [-0.05, 0) is 24.3 Å². The fraction of sp³-hybridized carbons (Fsp3) is 0.167. The first-order valence-electron chi connectivity index (χ1n) is 7.85. The summed E-state index contributed by atoms with van der Waals surface area (Å²) in [4.78, 5) is 41.5. The standard InChI is InChI=1S/C18H12Cl2N2O3S/c19-12-7-10-11(8-13(12)20)18(25)22(17(10)24)9-16(23)21-5-6-26-15-4-2-1-3-14(15)21/h1-4,7-8H,5-6,9H2.